The number of para-hydroxylation sites is 1. The average Bonchev–Trinajstić information content (AvgIpc) is 2.45. The zero-order valence-electron chi connectivity index (χ0n) is 12.1. The van der Waals surface area contributed by atoms with Crippen molar-refractivity contribution in [2.45, 2.75) is 12.8 Å². The van der Waals surface area contributed by atoms with Crippen molar-refractivity contribution in [1.29, 1.82) is 0 Å². The Hall–Kier alpha value is -1.72. The van der Waals surface area contributed by atoms with Gasteiger partial charge in [-0.05, 0) is 32.6 Å². The van der Waals surface area contributed by atoms with E-state index >= 15 is 0 Å². The minimum atomic E-state index is 0.184. The third kappa shape index (κ3) is 3.88. The summed E-state index contributed by atoms with van der Waals surface area (Å²) in [6.07, 6.45) is 1.54. The van der Waals surface area contributed by atoms with E-state index in [1.165, 1.54) is 0 Å². The van der Waals surface area contributed by atoms with Crippen LogP contribution in [0.15, 0.2) is 24.3 Å². The Morgan fingerprint density at radius 1 is 1.20 bits per heavy atom. The lowest BCUT2D eigenvalue weighted by Crippen LogP contribution is -2.17. The Morgan fingerprint density at radius 2 is 2.00 bits per heavy atom. The molecule has 0 radical (unpaired) electrons. The molecule has 0 aliphatic heterocycles. The molecule has 1 heterocycles. The molecule has 0 saturated carbocycles. The Bertz CT molecular complexity index is 557. The number of aliphatic hydroxyl groups is 1. The topological polar surface area (TPSA) is 61.3 Å². The van der Waals surface area contributed by atoms with Crippen LogP contribution in [0.4, 0.5) is 5.82 Å². The molecule has 0 atom stereocenters. The highest BCUT2D eigenvalue weighted by atomic mass is 16.3. The predicted molar refractivity (Wildman–Crippen MR) is 82.0 cm³/mol. The molecule has 0 fully saturated rings. The summed E-state index contributed by atoms with van der Waals surface area (Å²) in [5, 5.41) is 13.2. The number of fused-ring (bicyclic) bond motifs is 1. The predicted octanol–water partition coefficient (Wildman–Crippen LogP) is 1.53. The molecule has 0 bridgehead atoms. The van der Waals surface area contributed by atoms with E-state index in [0.717, 1.165) is 35.5 Å². The van der Waals surface area contributed by atoms with Crippen molar-refractivity contribution in [3.63, 3.8) is 0 Å². The molecule has 2 rings (SSSR count). The van der Waals surface area contributed by atoms with Gasteiger partial charge in [0.1, 0.15) is 11.6 Å². The van der Waals surface area contributed by atoms with Crippen LogP contribution in [0.5, 0.6) is 0 Å². The summed E-state index contributed by atoms with van der Waals surface area (Å²) in [7, 11) is 4.09. The van der Waals surface area contributed by atoms with Gasteiger partial charge < -0.3 is 15.3 Å². The van der Waals surface area contributed by atoms with Gasteiger partial charge in [-0.15, -0.1) is 0 Å². The number of hydrogen-bond donors (Lipinski definition) is 2. The molecule has 20 heavy (non-hydrogen) atoms. The zero-order chi connectivity index (χ0) is 14.4. The first kappa shape index (κ1) is 14.7. The summed E-state index contributed by atoms with van der Waals surface area (Å²) in [6.45, 7) is 1.82. The molecule has 5 nitrogen and oxygen atoms in total. The molecule has 0 saturated heterocycles. The lowest BCUT2D eigenvalue weighted by atomic mass is 10.2. The SMILES string of the molecule is CN(C)CCc1nc(NCCCO)c2ccccc2n1. The van der Waals surface area contributed by atoms with E-state index in [9.17, 15) is 0 Å². The summed E-state index contributed by atoms with van der Waals surface area (Å²) < 4.78 is 0. The van der Waals surface area contributed by atoms with Crippen LogP contribution in [-0.2, 0) is 6.42 Å². The van der Waals surface area contributed by atoms with Crippen molar-refractivity contribution in [2.75, 3.05) is 39.1 Å². The number of anilines is 1. The number of nitrogens with zero attached hydrogens (tertiary/aromatic N) is 3. The molecule has 5 heteroatoms. The van der Waals surface area contributed by atoms with E-state index in [2.05, 4.69) is 20.2 Å². The number of likely N-dealkylation sites (N-methyl/N-ethyl adjacent to an activating group) is 1. The summed E-state index contributed by atoms with van der Waals surface area (Å²) in [5.74, 6) is 1.71. The van der Waals surface area contributed by atoms with Gasteiger partial charge in [-0.1, -0.05) is 12.1 Å². The standard InChI is InChI=1S/C15H22N4O/c1-19(2)10-8-14-17-13-7-4-3-6-12(13)15(18-14)16-9-5-11-20/h3-4,6-7,20H,5,8-11H2,1-2H3,(H,16,17,18). The van der Waals surface area contributed by atoms with Crippen molar-refractivity contribution in [3.05, 3.63) is 30.1 Å². The summed E-state index contributed by atoms with van der Waals surface area (Å²) in [4.78, 5) is 11.3. The molecule has 0 amide bonds. The Balaban J connectivity index is 2.26. The van der Waals surface area contributed by atoms with Crippen LogP contribution in [0.2, 0.25) is 0 Å². The smallest absolute Gasteiger partial charge is 0.137 e. The van der Waals surface area contributed by atoms with E-state index in [1.807, 2.05) is 38.4 Å². The monoisotopic (exact) mass is 274 g/mol. The second-order valence-electron chi connectivity index (χ2n) is 5.06. The second kappa shape index (κ2) is 7.17. The minimum Gasteiger partial charge on any atom is -0.396 e. The lowest BCUT2D eigenvalue weighted by Gasteiger charge is -2.12. The maximum absolute atomic E-state index is 8.88. The third-order valence-corrected chi connectivity index (χ3v) is 3.06. The quantitative estimate of drug-likeness (QED) is 0.750. The van der Waals surface area contributed by atoms with Crippen LogP contribution >= 0.6 is 0 Å². The van der Waals surface area contributed by atoms with Crippen LogP contribution in [0.25, 0.3) is 10.9 Å². The molecule has 0 aliphatic carbocycles. The maximum Gasteiger partial charge on any atom is 0.137 e. The van der Waals surface area contributed by atoms with E-state index < -0.39 is 0 Å². The summed E-state index contributed by atoms with van der Waals surface area (Å²) in [6, 6.07) is 8.00. The molecule has 0 spiro atoms. The van der Waals surface area contributed by atoms with Gasteiger partial charge in [0.2, 0.25) is 0 Å². The highest BCUT2D eigenvalue weighted by Gasteiger charge is 2.07. The van der Waals surface area contributed by atoms with E-state index in [-0.39, 0.29) is 6.61 Å². The first-order valence-electron chi connectivity index (χ1n) is 6.96. The summed E-state index contributed by atoms with van der Waals surface area (Å²) in [5.41, 5.74) is 0.961. The fourth-order valence-corrected chi connectivity index (χ4v) is 1.98. The molecular formula is C15H22N4O. The number of nitrogens with one attached hydrogen (secondary N) is 1. The van der Waals surface area contributed by atoms with Crippen LogP contribution in [-0.4, -0.2) is 53.8 Å². The van der Waals surface area contributed by atoms with Gasteiger partial charge in [0, 0.05) is 31.5 Å². The Morgan fingerprint density at radius 3 is 2.75 bits per heavy atom. The molecular weight excluding hydrogens is 252 g/mol. The van der Waals surface area contributed by atoms with Gasteiger partial charge >= 0.3 is 0 Å². The second-order valence-corrected chi connectivity index (χ2v) is 5.06. The van der Waals surface area contributed by atoms with Crippen molar-refractivity contribution >= 4 is 16.7 Å². The number of rotatable bonds is 7. The van der Waals surface area contributed by atoms with Crippen LogP contribution in [0.1, 0.15) is 12.2 Å². The van der Waals surface area contributed by atoms with Crippen LogP contribution in [0, 0.1) is 0 Å². The van der Waals surface area contributed by atoms with Gasteiger partial charge in [0.25, 0.3) is 0 Å². The molecule has 2 N–H and O–H groups in total. The van der Waals surface area contributed by atoms with Gasteiger partial charge in [-0.3, -0.25) is 0 Å². The number of aliphatic hydroxyl groups excluding tert-OH is 1. The minimum absolute atomic E-state index is 0.184. The van der Waals surface area contributed by atoms with Crippen molar-refractivity contribution in [3.8, 4) is 0 Å². The highest BCUT2D eigenvalue weighted by Crippen LogP contribution is 2.20. The Kier molecular flexibility index (Phi) is 5.26. The van der Waals surface area contributed by atoms with Gasteiger partial charge in [0.05, 0.1) is 5.52 Å². The molecule has 1 aromatic heterocycles. The number of benzene rings is 1. The van der Waals surface area contributed by atoms with Crippen LogP contribution in [0.3, 0.4) is 0 Å². The normalized spacial score (nSPS) is 11.2. The molecule has 0 aliphatic rings. The molecule has 2 aromatic rings. The van der Waals surface area contributed by atoms with Crippen molar-refractivity contribution < 1.29 is 5.11 Å². The van der Waals surface area contributed by atoms with E-state index in [0.29, 0.717) is 13.0 Å². The molecule has 108 valence electrons. The van der Waals surface area contributed by atoms with Crippen LogP contribution < -0.4 is 5.32 Å². The van der Waals surface area contributed by atoms with Gasteiger partial charge in [0.15, 0.2) is 0 Å². The Labute approximate surface area is 119 Å². The zero-order valence-corrected chi connectivity index (χ0v) is 12.1. The van der Waals surface area contributed by atoms with Crippen molar-refractivity contribution in [2.24, 2.45) is 0 Å². The van der Waals surface area contributed by atoms with Gasteiger partial charge in [-0.25, -0.2) is 9.97 Å². The largest absolute Gasteiger partial charge is 0.396 e. The maximum atomic E-state index is 8.88. The first-order chi connectivity index (χ1) is 9.70. The van der Waals surface area contributed by atoms with E-state index in [1.54, 1.807) is 0 Å². The third-order valence-electron chi connectivity index (χ3n) is 3.06. The van der Waals surface area contributed by atoms with E-state index in [4.69, 9.17) is 5.11 Å². The first-order valence-corrected chi connectivity index (χ1v) is 6.96. The molecule has 0 unspecified atom stereocenters. The fourth-order valence-electron chi connectivity index (χ4n) is 1.98. The number of hydrogen-bond acceptors (Lipinski definition) is 5. The highest BCUT2D eigenvalue weighted by molar-refractivity contribution is 5.88. The molecule has 1 aromatic carbocycles. The lowest BCUT2D eigenvalue weighted by molar-refractivity contribution is 0.292. The summed E-state index contributed by atoms with van der Waals surface area (Å²) >= 11 is 0. The average molecular weight is 274 g/mol. The van der Waals surface area contributed by atoms with Gasteiger partial charge in [-0.2, -0.15) is 0 Å². The van der Waals surface area contributed by atoms with Crippen molar-refractivity contribution in [1.82, 2.24) is 14.9 Å². The fraction of sp³-hybridized carbons (Fsp3) is 0.467. The number of aromatic nitrogens is 2.